The Morgan fingerprint density at radius 1 is 1.21 bits per heavy atom. The molecule has 2 aromatic rings. The molecular formula is C21H20ClN3O2S2. The van der Waals surface area contributed by atoms with Gasteiger partial charge in [0.1, 0.15) is 4.32 Å². The molecule has 0 spiro atoms. The maximum atomic E-state index is 12.6. The molecule has 1 aliphatic rings. The third kappa shape index (κ3) is 6.39. The first-order chi connectivity index (χ1) is 14.0. The van der Waals surface area contributed by atoms with Crippen molar-refractivity contribution in [3.63, 3.8) is 0 Å². The van der Waals surface area contributed by atoms with Crippen molar-refractivity contribution < 1.29 is 9.59 Å². The molecule has 2 heterocycles. The summed E-state index contributed by atoms with van der Waals surface area (Å²) in [6, 6.07) is 10.9. The number of aromatic nitrogens is 1. The van der Waals surface area contributed by atoms with E-state index in [2.05, 4.69) is 10.3 Å². The van der Waals surface area contributed by atoms with Gasteiger partial charge in [-0.05, 0) is 48.7 Å². The van der Waals surface area contributed by atoms with Crippen LogP contribution in [-0.4, -0.2) is 32.6 Å². The van der Waals surface area contributed by atoms with Crippen molar-refractivity contribution in [1.29, 1.82) is 0 Å². The van der Waals surface area contributed by atoms with Crippen LogP contribution in [0.2, 0.25) is 5.02 Å². The number of carbonyl (C=O) groups excluding carboxylic acids is 2. The molecule has 0 bridgehead atoms. The number of hydrogen-bond acceptors (Lipinski definition) is 5. The molecule has 2 amide bonds. The summed E-state index contributed by atoms with van der Waals surface area (Å²) in [6.45, 7) is 0.562. The van der Waals surface area contributed by atoms with E-state index in [9.17, 15) is 9.59 Å². The Bertz CT molecular complexity index is 917. The second-order valence-corrected chi connectivity index (χ2v) is 8.60. The van der Waals surface area contributed by atoms with Gasteiger partial charge >= 0.3 is 0 Å². The minimum atomic E-state index is -0.0655. The number of hydrogen-bond donors (Lipinski definition) is 1. The van der Waals surface area contributed by atoms with Gasteiger partial charge in [0.05, 0.1) is 16.8 Å². The zero-order valence-corrected chi connectivity index (χ0v) is 18.0. The van der Waals surface area contributed by atoms with Crippen LogP contribution in [0.15, 0.2) is 53.7 Å². The summed E-state index contributed by atoms with van der Waals surface area (Å²) in [4.78, 5) is 30.8. The van der Waals surface area contributed by atoms with Crippen LogP contribution in [-0.2, 0) is 9.59 Å². The molecule has 0 unspecified atom stereocenters. The fourth-order valence-electron chi connectivity index (χ4n) is 2.80. The van der Waals surface area contributed by atoms with E-state index in [1.807, 2.05) is 18.2 Å². The Balaban J connectivity index is 1.41. The Labute approximate surface area is 184 Å². The van der Waals surface area contributed by atoms with Crippen LogP contribution >= 0.6 is 35.6 Å². The lowest BCUT2D eigenvalue weighted by molar-refractivity contribution is -0.122. The minimum absolute atomic E-state index is 0.0329. The van der Waals surface area contributed by atoms with Gasteiger partial charge in [-0.2, -0.15) is 0 Å². The van der Waals surface area contributed by atoms with E-state index in [0.29, 0.717) is 32.9 Å². The van der Waals surface area contributed by atoms with Crippen molar-refractivity contribution in [2.24, 2.45) is 0 Å². The fraction of sp³-hybridized carbons (Fsp3) is 0.238. The number of carbonyl (C=O) groups is 2. The standard InChI is InChI=1S/C21H20ClN3O2S2/c22-16-9-7-15(8-10-16)13-18-20(27)25(21(28)29-18)12-3-1-2-6-19(26)24-17-5-4-11-23-14-17/h4-5,7-11,13-14H,1-3,6,12H2,(H,24,26)/b18-13-. The largest absolute Gasteiger partial charge is 0.325 e. The van der Waals surface area contributed by atoms with Crippen LogP contribution < -0.4 is 5.32 Å². The molecule has 29 heavy (non-hydrogen) atoms. The van der Waals surface area contributed by atoms with Crippen LogP contribution in [0.1, 0.15) is 31.2 Å². The van der Waals surface area contributed by atoms with Crippen molar-refractivity contribution in [1.82, 2.24) is 9.88 Å². The molecule has 3 rings (SSSR count). The topological polar surface area (TPSA) is 62.3 Å². The van der Waals surface area contributed by atoms with Crippen molar-refractivity contribution in [3.8, 4) is 0 Å². The number of halogens is 1. The number of anilines is 1. The number of thioether (sulfide) groups is 1. The highest BCUT2D eigenvalue weighted by atomic mass is 35.5. The van der Waals surface area contributed by atoms with Crippen LogP contribution in [0.5, 0.6) is 0 Å². The Kier molecular flexibility index (Phi) is 7.80. The van der Waals surface area contributed by atoms with Crippen molar-refractivity contribution in [2.45, 2.75) is 25.7 Å². The molecule has 1 N–H and O–H groups in total. The zero-order valence-electron chi connectivity index (χ0n) is 15.6. The number of thiocarbonyl (C=S) groups is 1. The number of unbranched alkanes of at least 4 members (excludes halogenated alkanes) is 2. The molecular weight excluding hydrogens is 426 g/mol. The maximum Gasteiger partial charge on any atom is 0.266 e. The van der Waals surface area contributed by atoms with Gasteiger partial charge in [-0.3, -0.25) is 19.5 Å². The lowest BCUT2D eigenvalue weighted by Gasteiger charge is -2.14. The van der Waals surface area contributed by atoms with E-state index in [1.165, 1.54) is 11.8 Å². The summed E-state index contributed by atoms with van der Waals surface area (Å²) in [7, 11) is 0. The monoisotopic (exact) mass is 445 g/mol. The molecule has 1 aromatic carbocycles. The van der Waals surface area contributed by atoms with E-state index in [0.717, 1.165) is 24.8 Å². The number of nitrogens with one attached hydrogen (secondary N) is 1. The highest BCUT2D eigenvalue weighted by Crippen LogP contribution is 2.32. The van der Waals surface area contributed by atoms with Crippen molar-refractivity contribution in [2.75, 3.05) is 11.9 Å². The number of amides is 2. The third-order valence-electron chi connectivity index (χ3n) is 4.27. The van der Waals surface area contributed by atoms with E-state index in [-0.39, 0.29) is 11.8 Å². The molecule has 0 aliphatic carbocycles. The van der Waals surface area contributed by atoms with Gasteiger partial charge in [0.2, 0.25) is 5.91 Å². The number of rotatable bonds is 8. The summed E-state index contributed by atoms with van der Waals surface area (Å²) < 4.78 is 0.574. The SMILES string of the molecule is O=C(CCCCCN1C(=O)/C(=C/c2ccc(Cl)cc2)SC1=S)Nc1cccnc1. The van der Waals surface area contributed by atoms with Gasteiger partial charge in [-0.25, -0.2) is 0 Å². The maximum absolute atomic E-state index is 12.6. The quantitative estimate of drug-likeness (QED) is 0.346. The predicted octanol–water partition coefficient (Wildman–Crippen LogP) is 5.14. The molecule has 0 radical (unpaired) electrons. The summed E-state index contributed by atoms with van der Waals surface area (Å²) in [5, 5.41) is 3.47. The normalized spacial score (nSPS) is 15.2. The Morgan fingerprint density at radius 3 is 2.72 bits per heavy atom. The first-order valence-electron chi connectivity index (χ1n) is 9.24. The smallest absolute Gasteiger partial charge is 0.266 e. The van der Waals surface area contributed by atoms with E-state index < -0.39 is 0 Å². The Morgan fingerprint density at radius 2 is 2.00 bits per heavy atom. The zero-order chi connectivity index (χ0) is 20.6. The summed E-state index contributed by atoms with van der Waals surface area (Å²) in [6.07, 6.45) is 7.93. The first kappa shape index (κ1) is 21.5. The average Bonchev–Trinajstić information content (AvgIpc) is 2.97. The Hall–Kier alpha value is -2.22. The van der Waals surface area contributed by atoms with Gasteiger partial charge in [0.15, 0.2) is 0 Å². The lowest BCUT2D eigenvalue weighted by atomic mass is 10.1. The van der Waals surface area contributed by atoms with Crippen LogP contribution in [0.4, 0.5) is 5.69 Å². The van der Waals surface area contributed by atoms with E-state index in [1.54, 1.807) is 41.6 Å². The van der Waals surface area contributed by atoms with Crippen LogP contribution in [0.25, 0.3) is 6.08 Å². The highest BCUT2D eigenvalue weighted by molar-refractivity contribution is 8.26. The van der Waals surface area contributed by atoms with Gasteiger partial charge in [-0.1, -0.05) is 54.1 Å². The minimum Gasteiger partial charge on any atom is -0.325 e. The molecule has 150 valence electrons. The lowest BCUT2D eigenvalue weighted by Crippen LogP contribution is -2.29. The molecule has 1 saturated heterocycles. The molecule has 0 saturated carbocycles. The molecule has 1 aliphatic heterocycles. The molecule has 0 atom stereocenters. The van der Waals surface area contributed by atoms with Gasteiger partial charge in [-0.15, -0.1) is 0 Å². The molecule has 5 nitrogen and oxygen atoms in total. The summed E-state index contributed by atoms with van der Waals surface area (Å²) in [5.41, 5.74) is 1.61. The highest BCUT2D eigenvalue weighted by Gasteiger charge is 2.31. The third-order valence-corrected chi connectivity index (χ3v) is 5.90. The molecule has 8 heteroatoms. The van der Waals surface area contributed by atoms with Gasteiger partial charge in [0, 0.05) is 24.2 Å². The summed E-state index contributed by atoms with van der Waals surface area (Å²) >= 11 is 12.6. The van der Waals surface area contributed by atoms with Crippen LogP contribution in [0.3, 0.4) is 0 Å². The molecule has 1 aromatic heterocycles. The fourth-order valence-corrected chi connectivity index (χ4v) is 4.23. The second kappa shape index (κ2) is 10.5. The van der Waals surface area contributed by atoms with Crippen LogP contribution in [0, 0.1) is 0 Å². The van der Waals surface area contributed by atoms with E-state index >= 15 is 0 Å². The number of nitrogens with zero attached hydrogens (tertiary/aromatic N) is 2. The molecule has 1 fully saturated rings. The second-order valence-electron chi connectivity index (χ2n) is 6.49. The van der Waals surface area contributed by atoms with Crippen molar-refractivity contribution >= 4 is 63.5 Å². The predicted molar refractivity (Wildman–Crippen MR) is 123 cm³/mol. The summed E-state index contributed by atoms with van der Waals surface area (Å²) in [5.74, 6) is -0.0984. The van der Waals surface area contributed by atoms with E-state index in [4.69, 9.17) is 23.8 Å². The first-order valence-corrected chi connectivity index (χ1v) is 10.8. The number of pyridine rings is 1. The number of benzene rings is 1. The van der Waals surface area contributed by atoms with Gasteiger partial charge in [0.25, 0.3) is 5.91 Å². The van der Waals surface area contributed by atoms with Gasteiger partial charge < -0.3 is 5.32 Å². The van der Waals surface area contributed by atoms with Crippen molar-refractivity contribution in [3.05, 3.63) is 64.3 Å². The average molecular weight is 446 g/mol.